The lowest BCUT2D eigenvalue weighted by Gasteiger charge is -2.24. The van der Waals surface area contributed by atoms with Crippen LogP contribution in [-0.4, -0.2) is 38.0 Å². The number of carbonyl (C=O) groups excluding carboxylic acids is 1. The maximum absolute atomic E-state index is 12.1. The molecule has 0 bridgehead atoms. The predicted molar refractivity (Wildman–Crippen MR) is 71.1 cm³/mol. The number of carboxylic acids is 1. The first-order valence-corrected chi connectivity index (χ1v) is 6.99. The third kappa shape index (κ3) is 3.79. The van der Waals surface area contributed by atoms with E-state index in [-0.39, 0.29) is 18.4 Å². The molecule has 1 heterocycles. The van der Waals surface area contributed by atoms with Crippen molar-refractivity contribution in [2.75, 3.05) is 0 Å². The van der Waals surface area contributed by atoms with E-state index in [1.54, 1.807) is 6.92 Å². The van der Waals surface area contributed by atoms with Gasteiger partial charge in [0.25, 0.3) is 0 Å². The lowest BCUT2D eigenvalue weighted by Crippen LogP contribution is -2.40. The Morgan fingerprint density at radius 3 is 2.80 bits per heavy atom. The average molecular weight is 280 g/mol. The molecule has 1 saturated carbocycles. The lowest BCUT2D eigenvalue weighted by molar-refractivity contribution is -0.136. The van der Waals surface area contributed by atoms with Gasteiger partial charge in [-0.3, -0.25) is 9.59 Å². The number of aromatic nitrogens is 3. The monoisotopic (exact) mass is 280 g/mol. The molecule has 1 atom stereocenters. The van der Waals surface area contributed by atoms with Crippen LogP contribution in [0.2, 0.25) is 0 Å². The minimum atomic E-state index is -0.962. The van der Waals surface area contributed by atoms with Gasteiger partial charge in [0, 0.05) is 12.2 Å². The van der Waals surface area contributed by atoms with E-state index < -0.39 is 12.0 Å². The number of carboxylic acid groups (broad SMARTS) is 1. The van der Waals surface area contributed by atoms with E-state index in [1.807, 2.05) is 0 Å². The molecule has 0 saturated heterocycles. The van der Waals surface area contributed by atoms with Crippen LogP contribution in [0.4, 0.5) is 0 Å². The van der Waals surface area contributed by atoms with Crippen molar-refractivity contribution >= 4 is 11.9 Å². The Balaban J connectivity index is 1.91. The Bertz CT molecular complexity index is 480. The van der Waals surface area contributed by atoms with Gasteiger partial charge < -0.3 is 10.4 Å². The molecule has 1 unspecified atom stereocenters. The molecule has 1 fully saturated rings. The smallest absolute Gasteiger partial charge is 0.309 e. The quantitative estimate of drug-likeness (QED) is 0.835. The van der Waals surface area contributed by atoms with E-state index >= 15 is 0 Å². The zero-order valence-electron chi connectivity index (χ0n) is 11.6. The third-order valence-corrected chi connectivity index (χ3v) is 3.62. The molecule has 1 aromatic heterocycles. The van der Waals surface area contributed by atoms with Gasteiger partial charge in [0.15, 0.2) is 0 Å². The van der Waals surface area contributed by atoms with Crippen molar-refractivity contribution in [3.8, 4) is 0 Å². The molecule has 1 aliphatic rings. The SMILES string of the molecule is CC(C(=O)NC1CCCCC1)n1cc(CC(=O)O)nn1. The second-order valence-corrected chi connectivity index (χ2v) is 5.28. The number of amides is 1. The molecule has 7 nitrogen and oxygen atoms in total. The summed E-state index contributed by atoms with van der Waals surface area (Å²) >= 11 is 0. The normalized spacial score (nSPS) is 17.6. The molecular formula is C13H20N4O3. The van der Waals surface area contributed by atoms with Crippen LogP contribution >= 0.6 is 0 Å². The highest BCUT2D eigenvalue weighted by Gasteiger charge is 2.21. The molecule has 1 amide bonds. The van der Waals surface area contributed by atoms with Gasteiger partial charge in [-0.1, -0.05) is 24.5 Å². The Morgan fingerprint density at radius 2 is 2.15 bits per heavy atom. The van der Waals surface area contributed by atoms with Gasteiger partial charge in [-0.25, -0.2) is 4.68 Å². The van der Waals surface area contributed by atoms with Crippen molar-refractivity contribution in [2.45, 2.75) is 57.5 Å². The van der Waals surface area contributed by atoms with Crippen LogP contribution in [0.15, 0.2) is 6.20 Å². The zero-order valence-corrected chi connectivity index (χ0v) is 11.6. The van der Waals surface area contributed by atoms with Crippen molar-refractivity contribution in [3.05, 3.63) is 11.9 Å². The predicted octanol–water partition coefficient (Wildman–Crippen LogP) is 0.915. The maximum Gasteiger partial charge on any atom is 0.309 e. The highest BCUT2D eigenvalue weighted by Crippen LogP contribution is 2.18. The molecule has 0 radical (unpaired) electrons. The Hall–Kier alpha value is -1.92. The first-order chi connectivity index (χ1) is 9.56. The van der Waals surface area contributed by atoms with Crippen LogP contribution in [0.3, 0.4) is 0 Å². The summed E-state index contributed by atoms with van der Waals surface area (Å²) in [6.07, 6.45) is 6.94. The van der Waals surface area contributed by atoms with E-state index in [0.717, 1.165) is 25.7 Å². The Kier molecular flexibility index (Phi) is 4.70. The van der Waals surface area contributed by atoms with Crippen LogP contribution in [0.5, 0.6) is 0 Å². The molecule has 110 valence electrons. The molecule has 2 rings (SSSR count). The van der Waals surface area contributed by atoms with Gasteiger partial charge >= 0.3 is 5.97 Å². The van der Waals surface area contributed by atoms with Crippen molar-refractivity contribution < 1.29 is 14.7 Å². The fourth-order valence-corrected chi connectivity index (χ4v) is 2.43. The van der Waals surface area contributed by atoms with Gasteiger partial charge in [0.2, 0.25) is 5.91 Å². The van der Waals surface area contributed by atoms with E-state index in [2.05, 4.69) is 15.6 Å². The minimum Gasteiger partial charge on any atom is -0.481 e. The van der Waals surface area contributed by atoms with Crippen LogP contribution in [-0.2, 0) is 16.0 Å². The molecule has 0 aromatic carbocycles. The first-order valence-electron chi connectivity index (χ1n) is 6.99. The van der Waals surface area contributed by atoms with Gasteiger partial charge in [0.1, 0.15) is 6.04 Å². The molecule has 0 spiro atoms. The van der Waals surface area contributed by atoms with Crippen molar-refractivity contribution in [2.24, 2.45) is 0 Å². The summed E-state index contributed by atoms with van der Waals surface area (Å²) in [5, 5.41) is 19.3. The molecule has 2 N–H and O–H groups in total. The highest BCUT2D eigenvalue weighted by atomic mass is 16.4. The van der Waals surface area contributed by atoms with Crippen molar-refractivity contribution in [1.82, 2.24) is 20.3 Å². The van der Waals surface area contributed by atoms with Gasteiger partial charge in [-0.05, 0) is 19.8 Å². The fourth-order valence-electron chi connectivity index (χ4n) is 2.43. The van der Waals surface area contributed by atoms with Crippen LogP contribution < -0.4 is 5.32 Å². The summed E-state index contributed by atoms with van der Waals surface area (Å²) in [6.45, 7) is 1.73. The lowest BCUT2D eigenvalue weighted by atomic mass is 9.95. The second kappa shape index (κ2) is 6.49. The summed E-state index contributed by atoms with van der Waals surface area (Å²) < 4.78 is 1.41. The standard InChI is InChI=1S/C13H20N4O3/c1-9(13(20)14-10-5-3-2-4-6-10)17-8-11(15-16-17)7-12(18)19/h8-10H,2-7H2,1H3,(H,14,20)(H,18,19). The minimum absolute atomic E-state index is 0.0938. The van der Waals surface area contributed by atoms with Crippen LogP contribution in [0, 0.1) is 0 Å². The van der Waals surface area contributed by atoms with Crippen LogP contribution in [0.25, 0.3) is 0 Å². The summed E-state index contributed by atoms with van der Waals surface area (Å²) in [5.74, 6) is -1.06. The first kappa shape index (κ1) is 14.5. The third-order valence-electron chi connectivity index (χ3n) is 3.62. The summed E-state index contributed by atoms with van der Waals surface area (Å²) in [6, 6.07) is -0.229. The molecule has 0 aliphatic heterocycles. The van der Waals surface area contributed by atoms with Crippen molar-refractivity contribution in [1.29, 1.82) is 0 Å². The maximum atomic E-state index is 12.1. The number of aliphatic carboxylic acids is 1. The Morgan fingerprint density at radius 1 is 1.45 bits per heavy atom. The van der Waals surface area contributed by atoms with E-state index in [1.165, 1.54) is 17.3 Å². The van der Waals surface area contributed by atoms with Gasteiger partial charge in [-0.2, -0.15) is 0 Å². The molecule has 1 aromatic rings. The molecule has 1 aliphatic carbocycles. The van der Waals surface area contributed by atoms with Crippen molar-refractivity contribution in [3.63, 3.8) is 0 Å². The van der Waals surface area contributed by atoms with E-state index in [4.69, 9.17) is 5.11 Å². The van der Waals surface area contributed by atoms with E-state index in [9.17, 15) is 9.59 Å². The number of rotatable bonds is 5. The number of hydrogen-bond acceptors (Lipinski definition) is 4. The second-order valence-electron chi connectivity index (χ2n) is 5.28. The summed E-state index contributed by atoms with van der Waals surface area (Å²) in [4.78, 5) is 22.7. The van der Waals surface area contributed by atoms with E-state index in [0.29, 0.717) is 5.69 Å². The topological polar surface area (TPSA) is 97.1 Å². The number of hydrogen-bond donors (Lipinski definition) is 2. The van der Waals surface area contributed by atoms with Gasteiger partial charge in [-0.15, -0.1) is 5.10 Å². The largest absolute Gasteiger partial charge is 0.481 e. The van der Waals surface area contributed by atoms with Gasteiger partial charge in [0.05, 0.1) is 12.1 Å². The van der Waals surface area contributed by atoms with Crippen LogP contribution in [0.1, 0.15) is 50.8 Å². The highest BCUT2D eigenvalue weighted by molar-refractivity contribution is 5.80. The number of nitrogens with zero attached hydrogens (tertiary/aromatic N) is 3. The molecule has 7 heteroatoms. The number of nitrogens with one attached hydrogen (secondary N) is 1. The molecule has 20 heavy (non-hydrogen) atoms. The average Bonchev–Trinajstić information content (AvgIpc) is 2.86. The number of carbonyl (C=O) groups is 2. The zero-order chi connectivity index (χ0) is 14.5. The Labute approximate surface area is 117 Å². The fraction of sp³-hybridized carbons (Fsp3) is 0.692. The summed E-state index contributed by atoms with van der Waals surface area (Å²) in [5.41, 5.74) is 0.356. The molecular weight excluding hydrogens is 260 g/mol. The summed E-state index contributed by atoms with van der Waals surface area (Å²) in [7, 11) is 0.